The van der Waals surface area contributed by atoms with Gasteiger partial charge in [0.1, 0.15) is 12.7 Å². The number of piperidine rings is 1. The van der Waals surface area contributed by atoms with Crippen LogP contribution in [0.5, 0.6) is 0 Å². The molecule has 28 heavy (non-hydrogen) atoms. The topological polar surface area (TPSA) is 80.1 Å². The van der Waals surface area contributed by atoms with Crippen LogP contribution in [0.1, 0.15) is 43.4 Å². The van der Waals surface area contributed by atoms with Crippen molar-refractivity contribution in [1.29, 1.82) is 0 Å². The summed E-state index contributed by atoms with van der Waals surface area (Å²) in [7, 11) is 0. The molecule has 2 fully saturated rings. The SMILES string of the molecule is O=C(CCCc1cccs1)NC1CC12CCN(C(=O)CCn1cnnc1)CC2. The van der Waals surface area contributed by atoms with E-state index in [0.29, 0.717) is 25.4 Å². The van der Waals surface area contributed by atoms with E-state index >= 15 is 0 Å². The third kappa shape index (κ3) is 4.60. The quantitative estimate of drug-likeness (QED) is 0.736. The summed E-state index contributed by atoms with van der Waals surface area (Å²) in [5, 5.41) is 12.8. The van der Waals surface area contributed by atoms with Crippen LogP contribution in [0.4, 0.5) is 0 Å². The Balaban J connectivity index is 1.14. The molecule has 1 spiro atoms. The smallest absolute Gasteiger partial charge is 0.224 e. The molecule has 8 heteroatoms. The van der Waals surface area contributed by atoms with Crippen molar-refractivity contribution in [2.75, 3.05) is 13.1 Å². The molecule has 4 rings (SSSR count). The molecule has 2 aliphatic rings. The van der Waals surface area contributed by atoms with Gasteiger partial charge in [-0.3, -0.25) is 9.59 Å². The molecule has 7 nitrogen and oxygen atoms in total. The highest BCUT2D eigenvalue weighted by atomic mass is 32.1. The Morgan fingerprint density at radius 3 is 2.71 bits per heavy atom. The molecule has 150 valence electrons. The summed E-state index contributed by atoms with van der Waals surface area (Å²) < 4.78 is 1.83. The number of likely N-dealkylation sites (tertiary alicyclic amines) is 1. The van der Waals surface area contributed by atoms with Gasteiger partial charge < -0.3 is 14.8 Å². The highest BCUT2D eigenvalue weighted by Crippen LogP contribution is 2.53. The first kappa shape index (κ1) is 19.1. The van der Waals surface area contributed by atoms with E-state index in [1.165, 1.54) is 4.88 Å². The van der Waals surface area contributed by atoms with Crippen LogP contribution in [-0.4, -0.2) is 50.6 Å². The van der Waals surface area contributed by atoms with Crippen molar-refractivity contribution in [3.63, 3.8) is 0 Å². The summed E-state index contributed by atoms with van der Waals surface area (Å²) in [5.41, 5.74) is 0.231. The van der Waals surface area contributed by atoms with Crippen molar-refractivity contribution < 1.29 is 9.59 Å². The number of hydrogen-bond acceptors (Lipinski definition) is 5. The monoisotopic (exact) mass is 401 g/mol. The minimum absolute atomic E-state index is 0.172. The van der Waals surface area contributed by atoms with Crippen LogP contribution < -0.4 is 5.32 Å². The fourth-order valence-electron chi connectivity index (χ4n) is 4.17. The van der Waals surface area contributed by atoms with Gasteiger partial charge in [0.15, 0.2) is 0 Å². The van der Waals surface area contributed by atoms with Gasteiger partial charge in [0.05, 0.1) is 0 Å². The molecule has 1 N–H and O–H groups in total. The zero-order valence-electron chi connectivity index (χ0n) is 16.0. The number of aryl methyl sites for hydroxylation is 2. The van der Waals surface area contributed by atoms with E-state index in [4.69, 9.17) is 0 Å². The molecule has 0 radical (unpaired) electrons. The second kappa shape index (κ2) is 8.43. The predicted octanol–water partition coefficient (Wildman–Crippen LogP) is 2.25. The molecule has 2 aromatic rings. The fourth-order valence-corrected chi connectivity index (χ4v) is 4.92. The average molecular weight is 402 g/mol. The second-order valence-corrected chi connectivity index (χ2v) is 8.98. The first-order valence-corrected chi connectivity index (χ1v) is 10.9. The molecule has 2 aromatic heterocycles. The van der Waals surface area contributed by atoms with Crippen LogP contribution in [-0.2, 0) is 22.6 Å². The van der Waals surface area contributed by atoms with Gasteiger partial charge in [-0.05, 0) is 49.0 Å². The number of rotatable bonds is 8. The van der Waals surface area contributed by atoms with E-state index in [1.807, 2.05) is 9.47 Å². The molecule has 0 aromatic carbocycles. The Hall–Kier alpha value is -2.22. The lowest BCUT2D eigenvalue weighted by atomic mass is 9.92. The number of hydrogen-bond donors (Lipinski definition) is 1. The van der Waals surface area contributed by atoms with Gasteiger partial charge in [-0.25, -0.2) is 0 Å². The van der Waals surface area contributed by atoms with Gasteiger partial charge in [-0.15, -0.1) is 21.5 Å². The van der Waals surface area contributed by atoms with Crippen molar-refractivity contribution in [2.45, 2.75) is 57.5 Å². The van der Waals surface area contributed by atoms with Gasteiger partial charge in [-0.1, -0.05) is 6.07 Å². The minimum atomic E-state index is 0.172. The average Bonchev–Trinajstić information content (AvgIpc) is 3.13. The van der Waals surface area contributed by atoms with Crippen molar-refractivity contribution in [3.8, 4) is 0 Å². The van der Waals surface area contributed by atoms with Crippen molar-refractivity contribution in [1.82, 2.24) is 25.0 Å². The summed E-state index contributed by atoms with van der Waals surface area (Å²) in [6.07, 6.45) is 9.28. The highest BCUT2D eigenvalue weighted by Gasteiger charge is 2.55. The van der Waals surface area contributed by atoms with Crippen LogP contribution in [0.2, 0.25) is 0 Å². The lowest BCUT2D eigenvalue weighted by Crippen LogP contribution is -2.42. The highest BCUT2D eigenvalue weighted by molar-refractivity contribution is 7.09. The maximum absolute atomic E-state index is 12.4. The van der Waals surface area contributed by atoms with Crippen LogP contribution in [0.25, 0.3) is 0 Å². The van der Waals surface area contributed by atoms with E-state index in [1.54, 1.807) is 24.0 Å². The van der Waals surface area contributed by atoms with Crippen LogP contribution in [0.15, 0.2) is 30.2 Å². The molecule has 1 saturated carbocycles. The zero-order valence-corrected chi connectivity index (χ0v) is 16.9. The minimum Gasteiger partial charge on any atom is -0.353 e. The molecule has 1 saturated heterocycles. The summed E-state index contributed by atoms with van der Waals surface area (Å²) in [4.78, 5) is 27.9. The number of carbonyl (C=O) groups is 2. The number of amides is 2. The Kier molecular flexibility index (Phi) is 5.75. The fraction of sp³-hybridized carbons (Fsp3) is 0.600. The standard InChI is InChI=1S/C20H27N5O2S/c26-18(5-1-3-16-4-2-12-28-16)23-17-13-20(17)7-10-25(11-8-20)19(27)6-9-24-14-21-22-15-24/h2,4,12,14-15,17H,1,3,5-11,13H2,(H,23,26). The molecule has 1 aliphatic carbocycles. The predicted molar refractivity (Wildman–Crippen MR) is 107 cm³/mol. The number of aromatic nitrogens is 3. The van der Waals surface area contributed by atoms with Gasteiger partial charge in [-0.2, -0.15) is 0 Å². The molecule has 1 atom stereocenters. The summed E-state index contributed by atoms with van der Waals surface area (Å²) >= 11 is 1.75. The molecule has 1 aliphatic heterocycles. The summed E-state index contributed by atoms with van der Waals surface area (Å²) in [6.45, 7) is 2.22. The summed E-state index contributed by atoms with van der Waals surface area (Å²) in [6, 6.07) is 4.48. The van der Waals surface area contributed by atoms with E-state index < -0.39 is 0 Å². The van der Waals surface area contributed by atoms with Crippen molar-refractivity contribution >= 4 is 23.2 Å². The maximum atomic E-state index is 12.4. The zero-order chi connectivity index (χ0) is 19.4. The number of thiophene rings is 1. The Morgan fingerprint density at radius 1 is 1.21 bits per heavy atom. The first-order valence-electron chi connectivity index (χ1n) is 10.1. The van der Waals surface area contributed by atoms with E-state index in [9.17, 15) is 9.59 Å². The van der Waals surface area contributed by atoms with Gasteiger partial charge in [0.25, 0.3) is 0 Å². The largest absolute Gasteiger partial charge is 0.353 e. The number of nitrogens with zero attached hydrogens (tertiary/aromatic N) is 4. The third-order valence-electron chi connectivity index (χ3n) is 6.09. The van der Waals surface area contributed by atoms with Crippen LogP contribution in [0.3, 0.4) is 0 Å². The lowest BCUT2D eigenvalue weighted by Gasteiger charge is -2.33. The normalized spacial score (nSPS) is 20.3. The van der Waals surface area contributed by atoms with Crippen LogP contribution >= 0.6 is 11.3 Å². The lowest BCUT2D eigenvalue weighted by molar-refractivity contribution is -0.133. The van der Waals surface area contributed by atoms with Gasteiger partial charge in [0.2, 0.25) is 11.8 Å². The molecular weight excluding hydrogens is 374 g/mol. The summed E-state index contributed by atoms with van der Waals surface area (Å²) in [5.74, 6) is 0.365. The second-order valence-electron chi connectivity index (χ2n) is 7.95. The molecule has 0 bridgehead atoms. The van der Waals surface area contributed by atoms with Gasteiger partial charge >= 0.3 is 0 Å². The van der Waals surface area contributed by atoms with E-state index in [-0.39, 0.29) is 17.2 Å². The van der Waals surface area contributed by atoms with Crippen LogP contribution in [0, 0.1) is 5.41 Å². The van der Waals surface area contributed by atoms with E-state index in [0.717, 1.165) is 45.2 Å². The number of carbonyl (C=O) groups excluding carboxylic acids is 2. The Bertz CT molecular complexity index is 782. The third-order valence-corrected chi connectivity index (χ3v) is 7.03. The Morgan fingerprint density at radius 2 is 2.00 bits per heavy atom. The van der Waals surface area contributed by atoms with Gasteiger partial charge in [0, 0.05) is 43.4 Å². The molecular formula is C20H27N5O2S. The van der Waals surface area contributed by atoms with Crippen molar-refractivity contribution in [2.24, 2.45) is 5.41 Å². The number of nitrogens with one attached hydrogen (secondary N) is 1. The maximum Gasteiger partial charge on any atom is 0.224 e. The molecule has 2 amide bonds. The molecule has 1 unspecified atom stereocenters. The molecule has 3 heterocycles. The van der Waals surface area contributed by atoms with E-state index in [2.05, 4.69) is 33.0 Å². The first-order chi connectivity index (χ1) is 13.6. The Labute approximate surface area is 169 Å². The van der Waals surface area contributed by atoms with Crippen molar-refractivity contribution in [3.05, 3.63) is 35.0 Å².